The van der Waals surface area contributed by atoms with E-state index in [9.17, 15) is 0 Å². The smallest absolute Gasteiger partial charge is 0.119 e. The highest BCUT2D eigenvalue weighted by molar-refractivity contribution is 6.18. The van der Waals surface area contributed by atoms with Crippen molar-refractivity contribution >= 4 is 52.2 Å². The van der Waals surface area contributed by atoms with Gasteiger partial charge in [0.25, 0.3) is 0 Å². The van der Waals surface area contributed by atoms with Crippen LogP contribution in [-0.2, 0) is 0 Å². The fourth-order valence-electron chi connectivity index (χ4n) is 2.91. The molecule has 0 radical (unpaired) electrons. The molecule has 26 heavy (non-hydrogen) atoms. The molecule has 0 bridgehead atoms. The van der Waals surface area contributed by atoms with Gasteiger partial charge in [-0.05, 0) is 50.6 Å². The van der Waals surface area contributed by atoms with E-state index >= 15 is 0 Å². The first-order valence-electron chi connectivity index (χ1n) is 8.71. The maximum Gasteiger partial charge on any atom is 0.119 e. The first-order chi connectivity index (χ1) is 12.2. The number of aromatic nitrogens is 1. The van der Waals surface area contributed by atoms with Crippen LogP contribution in [0, 0.1) is 0 Å². The van der Waals surface area contributed by atoms with Crippen LogP contribution in [0.25, 0.3) is 10.9 Å². The zero-order valence-corrected chi connectivity index (χ0v) is 17.7. The van der Waals surface area contributed by atoms with Crippen molar-refractivity contribution in [2.45, 2.75) is 25.8 Å². The van der Waals surface area contributed by atoms with Crippen molar-refractivity contribution in [2.24, 2.45) is 0 Å². The van der Waals surface area contributed by atoms with Gasteiger partial charge in [-0.1, -0.05) is 0 Å². The van der Waals surface area contributed by atoms with Crippen molar-refractivity contribution in [1.82, 2.24) is 9.88 Å². The Bertz CT molecular complexity index is 651. The van der Waals surface area contributed by atoms with E-state index in [1.165, 1.54) is 0 Å². The number of hydrogen-bond donors (Lipinski definition) is 1. The molecule has 0 aliphatic carbocycles. The number of pyridine rings is 1. The second kappa shape index (κ2) is 12.4. The van der Waals surface area contributed by atoms with Crippen molar-refractivity contribution in [2.75, 3.05) is 43.8 Å². The van der Waals surface area contributed by atoms with E-state index in [2.05, 4.69) is 22.1 Å². The summed E-state index contributed by atoms with van der Waals surface area (Å²) in [5.74, 6) is 2.14. The summed E-state index contributed by atoms with van der Waals surface area (Å²) in [6.07, 6.45) is 4.02. The van der Waals surface area contributed by atoms with Crippen molar-refractivity contribution in [3.63, 3.8) is 0 Å². The average molecular weight is 421 g/mol. The molecule has 0 saturated heterocycles. The van der Waals surface area contributed by atoms with E-state index < -0.39 is 0 Å². The molecule has 7 heteroatoms. The topological polar surface area (TPSA) is 37.4 Å². The van der Waals surface area contributed by atoms with Gasteiger partial charge in [0.05, 0.1) is 12.6 Å². The molecule has 2 rings (SSSR count). The first kappa shape index (κ1) is 23.1. The number of ether oxygens (including phenoxy) is 1. The SMILES string of the molecule is COc1ccc2nccc(NC(C)CCCN(CCCl)CCCl)c2c1.Cl. The van der Waals surface area contributed by atoms with Crippen LogP contribution in [0.3, 0.4) is 0 Å². The fraction of sp³-hybridized carbons (Fsp3) is 0.526. The molecule has 1 atom stereocenters. The van der Waals surface area contributed by atoms with E-state index in [1.54, 1.807) is 7.11 Å². The molecule has 0 spiro atoms. The molecular formula is C19H28Cl3N3O. The van der Waals surface area contributed by atoms with Gasteiger partial charge in [0, 0.05) is 48.2 Å². The number of hydrogen-bond acceptors (Lipinski definition) is 4. The van der Waals surface area contributed by atoms with Crippen LogP contribution in [0.1, 0.15) is 19.8 Å². The molecule has 1 N–H and O–H groups in total. The van der Waals surface area contributed by atoms with Gasteiger partial charge in [-0.3, -0.25) is 4.98 Å². The standard InChI is InChI=1S/C19H27Cl2N3O.ClH/c1-15(4-3-11-24(12-8-20)13-9-21)23-19-7-10-22-18-6-5-16(25-2)14-17(18)19;/h5-7,10,14-15H,3-4,8-9,11-13H2,1-2H3,(H,22,23);1H. The second-order valence-corrected chi connectivity index (χ2v) is 6.90. The quantitative estimate of drug-likeness (QED) is 0.518. The van der Waals surface area contributed by atoms with Crippen LogP contribution in [0.4, 0.5) is 5.69 Å². The van der Waals surface area contributed by atoms with Gasteiger partial charge in [0.1, 0.15) is 5.75 Å². The van der Waals surface area contributed by atoms with Crippen molar-refractivity contribution in [3.05, 3.63) is 30.5 Å². The van der Waals surface area contributed by atoms with Crippen LogP contribution >= 0.6 is 35.6 Å². The third kappa shape index (κ3) is 6.99. The highest BCUT2D eigenvalue weighted by Crippen LogP contribution is 2.26. The molecule has 0 fully saturated rings. The van der Waals surface area contributed by atoms with Crippen LogP contribution < -0.4 is 10.1 Å². The van der Waals surface area contributed by atoms with Gasteiger partial charge >= 0.3 is 0 Å². The van der Waals surface area contributed by atoms with E-state index in [4.69, 9.17) is 27.9 Å². The third-order valence-electron chi connectivity index (χ3n) is 4.26. The highest BCUT2D eigenvalue weighted by atomic mass is 35.5. The Morgan fingerprint density at radius 3 is 2.54 bits per heavy atom. The molecule has 0 aliphatic rings. The molecular weight excluding hydrogens is 393 g/mol. The van der Waals surface area contributed by atoms with Crippen molar-refractivity contribution in [1.29, 1.82) is 0 Å². The molecule has 0 aliphatic heterocycles. The molecule has 1 aromatic heterocycles. The fourth-order valence-corrected chi connectivity index (χ4v) is 3.39. The molecule has 2 aromatic rings. The first-order valence-corrected chi connectivity index (χ1v) is 9.78. The summed E-state index contributed by atoms with van der Waals surface area (Å²) < 4.78 is 5.34. The van der Waals surface area contributed by atoms with Gasteiger partial charge in [-0.15, -0.1) is 35.6 Å². The molecule has 1 unspecified atom stereocenters. The zero-order chi connectivity index (χ0) is 18.1. The van der Waals surface area contributed by atoms with Crippen LogP contribution in [0.15, 0.2) is 30.5 Å². The van der Waals surface area contributed by atoms with Gasteiger partial charge in [-0.2, -0.15) is 0 Å². The summed E-state index contributed by atoms with van der Waals surface area (Å²) >= 11 is 11.7. The number of fused-ring (bicyclic) bond motifs is 1. The Hall–Kier alpha value is -0.940. The molecule has 1 aromatic carbocycles. The molecule has 0 amide bonds. The number of nitrogens with zero attached hydrogens (tertiary/aromatic N) is 2. The number of nitrogens with one attached hydrogen (secondary N) is 1. The monoisotopic (exact) mass is 419 g/mol. The lowest BCUT2D eigenvalue weighted by Crippen LogP contribution is -2.30. The maximum atomic E-state index is 5.85. The summed E-state index contributed by atoms with van der Waals surface area (Å²) in [6, 6.07) is 8.34. The molecule has 146 valence electrons. The molecule has 0 saturated carbocycles. The number of rotatable bonds is 11. The number of alkyl halides is 2. The van der Waals surface area contributed by atoms with E-state index in [1.807, 2.05) is 30.5 Å². The minimum Gasteiger partial charge on any atom is -0.497 e. The largest absolute Gasteiger partial charge is 0.497 e. The molecule has 1 heterocycles. The van der Waals surface area contributed by atoms with E-state index in [0.717, 1.165) is 54.8 Å². The van der Waals surface area contributed by atoms with Crippen molar-refractivity contribution < 1.29 is 4.74 Å². The lowest BCUT2D eigenvalue weighted by Gasteiger charge is -2.22. The Labute approximate surface area is 172 Å². The maximum absolute atomic E-state index is 5.85. The minimum atomic E-state index is 0. The predicted octanol–water partition coefficient (Wildman–Crippen LogP) is 5.03. The van der Waals surface area contributed by atoms with E-state index in [0.29, 0.717) is 17.8 Å². The van der Waals surface area contributed by atoms with Crippen LogP contribution in [-0.4, -0.2) is 54.4 Å². The summed E-state index contributed by atoms with van der Waals surface area (Å²) in [6.45, 7) is 5.02. The van der Waals surface area contributed by atoms with Crippen LogP contribution in [0.2, 0.25) is 0 Å². The number of anilines is 1. The normalized spacial score (nSPS) is 12.0. The highest BCUT2D eigenvalue weighted by Gasteiger charge is 2.09. The zero-order valence-electron chi connectivity index (χ0n) is 15.4. The Balaban J connectivity index is 0.00000338. The Morgan fingerprint density at radius 1 is 1.15 bits per heavy atom. The lowest BCUT2D eigenvalue weighted by molar-refractivity contribution is 0.298. The van der Waals surface area contributed by atoms with Gasteiger partial charge in [0.15, 0.2) is 0 Å². The van der Waals surface area contributed by atoms with Crippen LogP contribution in [0.5, 0.6) is 5.75 Å². The number of halogens is 3. The van der Waals surface area contributed by atoms with Gasteiger partial charge < -0.3 is 15.0 Å². The third-order valence-corrected chi connectivity index (χ3v) is 4.60. The Kier molecular flexibility index (Phi) is 11.1. The van der Waals surface area contributed by atoms with E-state index in [-0.39, 0.29) is 12.4 Å². The van der Waals surface area contributed by atoms with Crippen molar-refractivity contribution in [3.8, 4) is 5.75 Å². The number of methoxy groups -OCH3 is 1. The lowest BCUT2D eigenvalue weighted by atomic mass is 10.1. The summed E-state index contributed by atoms with van der Waals surface area (Å²) in [5, 5.41) is 4.69. The van der Waals surface area contributed by atoms with Gasteiger partial charge in [0.2, 0.25) is 0 Å². The average Bonchev–Trinajstić information content (AvgIpc) is 2.62. The van der Waals surface area contributed by atoms with Gasteiger partial charge in [-0.25, -0.2) is 0 Å². The summed E-state index contributed by atoms with van der Waals surface area (Å²) in [4.78, 5) is 6.74. The summed E-state index contributed by atoms with van der Waals surface area (Å²) in [5.41, 5.74) is 2.06. The predicted molar refractivity (Wildman–Crippen MR) is 116 cm³/mol. The second-order valence-electron chi connectivity index (χ2n) is 6.15. The molecule has 4 nitrogen and oxygen atoms in total. The summed E-state index contributed by atoms with van der Waals surface area (Å²) in [7, 11) is 1.68. The minimum absolute atomic E-state index is 0. The Morgan fingerprint density at radius 2 is 1.88 bits per heavy atom. The number of benzene rings is 1.